The van der Waals surface area contributed by atoms with Gasteiger partial charge in [0.15, 0.2) is 0 Å². The Morgan fingerprint density at radius 3 is 2.90 bits per heavy atom. The fourth-order valence-electron chi connectivity index (χ4n) is 2.71. The molecule has 1 aliphatic heterocycles. The number of hydrazine groups is 1. The van der Waals surface area contributed by atoms with E-state index in [1.54, 1.807) is 11.3 Å². The number of thiophene rings is 1. The average molecular weight is 288 g/mol. The number of fused-ring (bicyclic) bond motifs is 1. The molecule has 1 aromatic heterocycles. The van der Waals surface area contributed by atoms with Gasteiger partial charge < -0.3 is 4.74 Å². The molecule has 1 aromatic carbocycles. The third kappa shape index (κ3) is 2.35. The quantitative estimate of drug-likeness (QED) is 0.673. The third-order valence-electron chi connectivity index (χ3n) is 3.91. The van der Waals surface area contributed by atoms with Crippen molar-refractivity contribution in [1.82, 2.24) is 5.43 Å². The lowest BCUT2D eigenvalue weighted by molar-refractivity contribution is 0.283. The highest BCUT2D eigenvalue weighted by molar-refractivity contribution is 7.12. The molecule has 0 saturated heterocycles. The van der Waals surface area contributed by atoms with Crippen LogP contribution in [0.3, 0.4) is 0 Å². The van der Waals surface area contributed by atoms with Gasteiger partial charge in [0.2, 0.25) is 0 Å². The molecule has 106 valence electrons. The van der Waals surface area contributed by atoms with Crippen molar-refractivity contribution in [2.75, 3.05) is 6.61 Å². The summed E-state index contributed by atoms with van der Waals surface area (Å²) in [5.74, 6) is 6.85. The van der Waals surface area contributed by atoms with Crippen molar-refractivity contribution in [2.45, 2.75) is 32.7 Å². The summed E-state index contributed by atoms with van der Waals surface area (Å²) in [4.78, 5) is 2.58. The normalized spacial score (nSPS) is 15.6. The molecule has 0 bridgehead atoms. The van der Waals surface area contributed by atoms with Gasteiger partial charge in [0.1, 0.15) is 5.75 Å². The van der Waals surface area contributed by atoms with Crippen LogP contribution in [-0.4, -0.2) is 6.61 Å². The van der Waals surface area contributed by atoms with E-state index in [2.05, 4.69) is 43.5 Å². The van der Waals surface area contributed by atoms with Crippen molar-refractivity contribution in [1.29, 1.82) is 0 Å². The van der Waals surface area contributed by atoms with Gasteiger partial charge in [-0.2, -0.15) is 0 Å². The summed E-state index contributed by atoms with van der Waals surface area (Å²) in [5, 5.41) is 0. The molecule has 0 amide bonds. The predicted molar refractivity (Wildman–Crippen MR) is 83.2 cm³/mol. The molecule has 1 unspecified atom stereocenters. The van der Waals surface area contributed by atoms with Crippen LogP contribution in [0.2, 0.25) is 0 Å². The lowest BCUT2D eigenvalue weighted by Gasteiger charge is -2.24. The summed E-state index contributed by atoms with van der Waals surface area (Å²) in [6.45, 7) is 5.08. The fraction of sp³-hybridized carbons (Fsp3) is 0.375. The first kappa shape index (κ1) is 13.6. The number of hydrogen-bond acceptors (Lipinski definition) is 4. The monoisotopic (exact) mass is 288 g/mol. The van der Waals surface area contributed by atoms with Gasteiger partial charge in [0.25, 0.3) is 0 Å². The van der Waals surface area contributed by atoms with E-state index in [9.17, 15) is 0 Å². The number of ether oxygens (including phenoxy) is 1. The molecular formula is C16H20N2OS. The Morgan fingerprint density at radius 1 is 1.35 bits per heavy atom. The summed E-state index contributed by atoms with van der Waals surface area (Å²) in [5.41, 5.74) is 6.71. The first-order valence-electron chi connectivity index (χ1n) is 6.98. The van der Waals surface area contributed by atoms with Crippen LogP contribution in [0.5, 0.6) is 5.75 Å². The fourth-order valence-corrected chi connectivity index (χ4v) is 3.83. The predicted octanol–water partition coefficient (Wildman–Crippen LogP) is 3.24. The summed E-state index contributed by atoms with van der Waals surface area (Å²) < 4.78 is 5.90. The second-order valence-electron chi connectivity index (χ2n) is 5.28. The number of hydrogen-bond donors (Lipinski definition) is 2. The third-order valence-corrected chi connectivity index (χ3v) is 5.13. The van der Waals surface area contributed by atoms with Gasteiger partial charge in [-0.05, 0) is 43.9 Å². The molecule has 4 heteroatoms. The number of nitrogens with two attached hydrogens (primary N) is 1. The second kappa shape index (κ2) is 5.56. The van der Waals surface area contributed by atoms with Crippen molar-refractivity contribution in [3.8, 4) is 5.75 Å². The highest BCUT2D eigenvalue weighted by Crippen LogP contribution is 2.38. The minimum Gasteiger partial charge on any atom is -0.493 e. The Labute approximate surface area is 123 Å². The van der Waals surface area contributed by atoms with Crippen molar-refractivity contribution < 1.29 is 4.74 Å². The van der Waals surface area contributed by atoms with Gasteiger partial charge in [-0.15, -0.1) is 11.3 Å². The maximum atomic E-state index is 5.90. The van der Waals surface area contributed by atoms with Gasteiger partial charge in [-0.25, -0.2) is 5.43 Å². The Bertz CT molecular complexity index is 601. The van der Waals surface area contributed by atoms with Gasteiger partial charge >= 0.3 is 0 Å². The number of rotatable bonds is 3. The minimum absolute atomic E-state index is 0.000417. The van der Waals surface area contributed by atoms with Crippen LogP contribution in [0, 0.1) is 13.8 Å². The van der Waals surface area contributed by atoms with Gasteiger partial charge in [0.05, 0.1) is 12.6 Å². The van der Waals surface area contributed by atoms with E-state index in [0.717, 1.165) is 30.8 Å². The van der Waals surface area contributed by atoms with Crippen molar-refractivity contribution in [3.05, 3.63) is 50.7 Å². The zero-order chi connectivity index (χ0) is 14.1. The highest BCUT2D eigenvalue weighted by atomic mass is 32.1. The number of nitrogens with one attached hydrogen (secondary N) is 1. The first-order valence-corrected chi connectivity index (χ1v) is 7.80. The summed E-state index contributed by atoms with van der Waals surface area (Å²) in [6.07, 6.45) is 2.18. The molecule has 3 N–H and O–H groups in total. The summed E-state index contributed by atoms with van der Waals surface area (Å²) >= 11 is 1.79. The highest BCUT2D eigenvalue weighted by Gasteiger charge is 2.23. The van der Waals surface area contributed by atoms with Gasteiger partial charge in [-0.3, -0.25) is 5.84 Å². The molecule has 0 fully saturated rings. The zero-order valence-corrected chi connectivity index (χ0v) is 12.7. The maximum Gasteiger partial charge on any atom is 0.127 e. The van der Waals surface area contributed by atoms with E-state index in [1.165, 1.54) is 20.9 Å². The Hall–Kier alpha value is -1.36. The number of aryl methyl sites for hydroxylation is 3. The maximum absolute atomic E-state index is 5.90. The lowest BCUT2D eigenvalue weighted by Crippen LogP contribution is -2.29. The Balaban J connectivity index is 2.05. The van der Waals surface area contributed by atoms with E-state index >= 15 is 0 Å². The van der Waals surface area contributed by atoms with Gasteiger partial charge in [0, 0.05) is 15.3 Å². The van der Waals surface area contributed by atoms with Crippen LogP contribution >= 0.6 is 11.3 Å². The molecule has 0 spiro atoms. The van der Waals surface area contributed by atoms with Gasteiger partial charge in [-0.1, -0.05) is 18.2 Å². The number of para-hydroxylation sites is 1. The van der Waals surface area contributed by atoms with E-state index < -0.39 is 0 Å². The van der Waals surface area contributed by atoms with Crippen molar-refractivity contribution >= 4 is 11.3 Å². The molecule has 2 aromatic rings. The molecule has 0 saturated carbocycles. The molecule has 3 rings (SSSR count). The largest absolute Gasteiger partial charge is 0.493 e. The van der Waals surface area contributed by atoms with Crippen LogP contribution in [0.15, 0.2) is 24.3 Å². The van der Waals surface area contributed by atoms with E-state index in [4.69, 9.17) is 10.6 Å². The molecule has 3 nitrogen and oxygen atoms in total. The molecule has 0 radical (unpaired) electrons. The summed E-state index contributed by atoms with van der Waals surface area (Å²) in [6, 6.07) is 8.57. The SMILES string of the molecule is Cc1cc(C(NN)c2cccc3c2OCCC3)sc1C. The lowest BCUT2D eigenvalue weighted by atomic mass is 9.97. The van der Waals surface area contributed by atoms with E-state index in [1.807, 2.05) is 0 Å². The number of benzene rings is 1. The molecule has 2 heterocycles. The van der Waals surface area contributed by atoms with Crippen LogP contribution in [0.1, 0.15) is 38.9 Å². The minimum atomic E-state index is 0.000417. The Morgan fingerprint density at radius 2 is 2.20 bits per heavy atom. The Kier molecular flexibility index (Phi) is 3.78. The molecule has 0 aliphatic carbocycles. The van der Waals surface area contributed by atoms with Crippen LogP contribution in [0.25, 0.3) is 0 Å². The van der Waals surface area contributed by atoms with Crippen LogP contribution < -0.4 is 16.0 Å². The standard InChI is InChI=1S/C16H20N2OS/c1-10-9-14(20-11(10)2)15(18-17)13-7-3-5-12-6-4-8-19-16(12)13/h3,5,7,9,15,18H,4,6,8,17H2,1-2H3. The molecule has 1 aliphatic rings. The van der Waals surface area contributed by atoms with E-state index in [-0.39, 0.29) is 6.04 Å². The van der Waals surface area contributed by atoms with E-state index in [0.29, 0.717) is 0 Å². The van der Waals surface area contributed by atoms with Crippen LogP contribution in [0.4, 0.5) is 0 Å². The van der Waals surface area contributed by atoms with Crippen molar-refractivity contribution in [3.63, 3.8) is 0 Å². The smallest absolute Gasteiger partial charge is 0.127 e. The summed E-state index contributed by atoms with van der Waals surface area (Å²) in [7, 11) is 0. The molecular weight excluding hydrogens is 268 g/mol. The molecule has 20 heavy (non-hydrogen) atoms. The topological polar surface area (TPSA) is 47.3 Å². The van der Waals surface area contributed by atoms with Crippen molar-refractivity contribution in [2.24, 2.45) is 5.84 Å². The first-order chi connectivity index (χ1) is 9.70. The zero-order valence-electron chi connectivity index (χ0n) is 11.9. The average Bonchev–Trinajstić information content (AvgIpc) is 2.79. The molecule has 1 atom stereocenters. The second-order valence-corrected chi connectivity index (χ2v) is 6.56. The van der Waals surface area contributed by atoms with Crippen LogP contribution in [-0.2, 0) is 6.42 Å².